The molecule has 0 atom stereocenters. The van der Waals surface area contributed by atoms with Crippen LogP contribution in [0.5, 0.6) is 5.75 Å². The van der Waals surface area contributed by atoms with E-state index in [9.17, 15) is 0 Å². The topological polar surface area (TPSA) is 30.8 Å². The molecular weight excluding hydrogens is 250 g/mol. The molecule has 2 rings (SSSR count). The normalized spacial score (nSPS) is 11.4. The summed E-state index contributed by atoms with van der Waals surface area (Å²) < 4.78 is 10.8. The number of rotatable bonds is 6. The monoisotopic (exact) mass is 269 g/mol. The Morgan fingerprint density at radius 1 is 1.00 bits per heavy atom. The summed E-state index contributed by atoms with van der Waals surface area (Å²) in [6, 6.07) is 17.8. The lowest BCUT2D eigenvalue weighted by atomic mass is 10.2. The van der Waals surface area contributed by atoms with Gasteiger partial charge in [-0.3, -0.25) is 4.99 Å². The zero-order valence-corrected chi connectivity index (χ0v) is 11.9. The summed E-state index contributed by atoms with van der Waals surface area (Å²) >= 11 is 0. The van der Waals surface area contributed by atoms with Crippen LogP contribution in [0.4, 0.5) is 5.69 Å². The van der Waals surface area contributed by atoms with Gasteiger partial charge in [-0.2, -0.15) is 0 Å². The van der Waals surface area contributed by atoms with Gasteiger partial charge in [-0.1, -0.05) is 30.3 Å². The van der Waals surface area contributed by atoms with Crippen molar-refractivity contribution in [2.45, 2.75) is 13.5 Å². The second-order valence-electron chi connectivity index (χ2n) is 4.52. The van der Waals surface area contributed by atoms with Gasteiger partial charge in [0, 0.05) is 5.71 Å². The van der Waals surface area contributed by atoms with Gasteiger partial charge in [0.1, 0.15) is 5.75 Å². The van der Waals surface area contributed by atoms with E-state index in [0.29, 0.717) is 13.2 Å². The van der Waals surface area contributed by atoms with Crippen molar-refractivity contribution in [1.82, 2.24) is 0 Å². The standard InChI is InChI=1S/C17H19NO2/c1-14(12-20-13-15-6-4-3-5-7-15)18-16-8-10-17(19-2)11-9-16/h3-11H,12-13H2,1-2H3. The lowest BCUT2D eigenvalue weighted by Gasteiger charge is -2.05. The average molecular weight is 269 g/mol. The largest absolute Gasteiger partial charge is 0.497 e. The van der Waals surface area contributed by atoms with E-state index in [4.69, 9.17) is 9.47 Å². The van der Waals surface area contributed by atoms with Crippen LogP contribution in [-0.2, 0) is 11.3 Å². The quantitative estimate of drug-likeness (QED) is 0.742. The Balaban J connectivity index is 1.84. The Hall–Kier alpha value is -2.13. The van der Waals surface area contributed by atoms with E-state index in [-0.39, 0.29) is 0 Å². The van der Waals surface area contributed by atoms with Gasteiger partial charge in [0.2, 0.25) is 0 Å². The lowest BCUT2D eigenvalue weighted by molar-refractivity contribution is 0.158. The smallest absolute Gasteiger partial charge is 0.119 e. The van der Waals surface area contributed by atoms with Crippen molar-refractivity contribution in [3.05, 3.63) is 60.2 Å². The number of nitrogens with zero attached hydrogens (tertiary/aromatic N) is 1. The van der Waals surface area contributed by atoms with Crippen LogP contribution in [0, 0.1) is 0 Å². The molecule has 0 aliphatic carbocycles. The second-order valence-corrected chi connectivity index (χ2v) is 4.52. The Kier molecular flexibility index (Phi) is 5.33. The Morgan fingerprint density at radius 3 is 2.35 bits per heavy atom. The summed E-state index contributed by atoms with van der Waals surface area (Å²) in [7, 11) is 1.65. The predicted molar refractivity (Wildman–Crippen MR) is 81.9 cm³/mol. The van der Waals surface area contributed by atoms with E-state index < -0.39 is 0 Å². The van der Waals surface area contributed by atoms with Crippen LogP contribution in [0.2, 0.25) is 0 Å². The highest BCUT2D eigenvalue weighted by Gasteiger charge is 1.96. The van der Waals surface area contributed by atoms with Gasteiger partial charge < -0.3 is 9.47 Å². The number of hydrogen-bond donors (Lipinski definition) is 0. The summed E-state index contributed by atoms with van der Waals surface area (Å²) in [5.74, 6) is 0.835. The van der Waals surface area contributed by atoms with Crippen LogP contribution in [-0.4, -0.2) is 19.4 Å². The molecule has 2 aromatic rings. The fourth-order valence-electron chi connectivity index (χ4n) is 1.80. The van der Waals surface area contributed by atoms with Crippen molar-refractivity contribution in [3.8, 4) is 5.75 Å². The number of ether oxygens (including phenoxy) is 2. The molecular formula is C17H19NO2. The van der Waals surface area contributed by atoms with Gasteiger partial charge in [-0.25, -0.2) is 0 Å². The average Bonchev–Trinajstić information content (AvgIpc) is 2.49. The summed E-state index contributed by atoms with van der Waals surface area (Å²) in [4.78, 5) is 4.50. The van der Waals surface area contributed by atoms with E-state index in [1.54, 1.807) is 7.11 Å². The molecule has 20 heavy (non-hydrogen) atoms. The zero-order valence-electron chi connectivity index (χ0n) is 11.9. The van der Waals surface area contributed by atoms with E-state index in [2.05, 4.69) is 17.1 Å². The van der Waals surface area contributed by atoms with Crippen molar-refractivity contribution in [3.63, 3.8) is 0 Å². The minimum atomic E-state index is 0.529. The molecule has 0 bridgehead atoms. The molecule has 0 aliphatic rings. The lowest BCUT2D eigenvalue weighted by Crippen LogP contribution is -2.04. The van der Waals surface area contributed by atoms with Gasteiger partial charge in [-0.15, -0.1) is 0 Å². The van der Waals surface area contributed by atoms with Gasteiger partial charge >= 0.3 is 0 Å². The minimum absolute atomic E-state index is 0.529. The molecule has 0 saturated carbocycles. The molecule has 3 nitrogen and oxygen atoms in total. The molecule has 0 heterocycles. The van der Waals surface area contributed by atoms with Crippen LogP contribution in [0.25, 0.3) is 0 Å². The first-order chi connectivity index (χ1) is 9.78. The van der Waals surface area contributed by atoms with Crippen molar-refractivity contribution in [2.75, 3.05) is 13.7 Å². The van der Waals surface area contributed by atoms with Crippen molar-refractivity contribution in [1.29, 1.82) is 0 Å². The third-order valence-corrected chi connectivity index (χ3v) is 2.81. The van der Waals surface area contributed by atoms with Crippen LogP contribution in [0.1, 0.15) is 12.5 Å². The molecule has 104 valence electrons. The Labute approximate surface area is 119 Å². The highest BCUT2D eigenvalue weighted by atomic mass is 16.5. The van der Waals surface area contributed by atoms with Crippen LogP contribution in [0.15, 0.2) is 59.6 Å². The van der Waals surface area contributed by atoms with Gasteiger partial charge in [0.05, 0.1) is 26.0 Å². The van der Waals surface area contributed by atoms with E-state index in [1.165, 1.54) is 5.56 Å². The summed E-state index contributed by atoms with van der Waals surface area (Å²) in [5, 5.41) is 0. The number of benzene rings is 2. The summed E-state index contributed by atoms with van der Waals surface area (Å²) in [5.41, 5.74) is 3.03. The molecule has 0 saturated heterocycles. The first-order valence-electron chi connectivity index (χ1n) is 6.58. The van der Waals surface area contributed by atoms with E-state index in [1.807, 2.05) is 49.4 Å². The van der Waals surface area contributed by atoms with Crippen LogP contribution >= 0.6 is 0 Å². The molecule has 0 fully saturated rings. The first kappa shape index (κ1) is 14.3. The van der Waals surface area contributed by atoms with Crippen molar-refractivity contribution in [2.24, 2.45) is 4.99 Å². The molecule has 0 amide bonds. The van der Waals surface area contributed by atoms with E-state index >= 15 is 0 Å². The maximum Gasteiger partial charge on any atom is 0.119 e. The molecule has 0 radical (unpaired) electrons. The fourth-order valence-corrected chi connectivity index (χ4v) is 1.80. The summed E-state index contributed by atoms with van der Waals surface area (Å²) in [6.45, 7) is 3.10. The SMILES string of the molecule is COc1ccc(N=C(C)COCc2ccccc2)cc1. The first-order valence-corrected chi connectivity index (χ1v) is 6.58. The van der Waals surface area contributed by atoms with Crippen molar-refractivity contribution >= 4 is 11.4 Å². The van der Waals surface area contributed by atoms with Crippen LogP contribution in [0.3, 0.4) is 0 Å². The third kappa shape index (κ3) is 4.52. The Morgan fingerprint density at radius 2 is 1.70 bits per heavy atom. The number of methoxy groups -OCH3 is 1. The molecule has 0 N–H and O–H groups in total. The minimum Gasteiger partial charge on any atom is -0.497 e. The maximum absolute atomic E-state index is 5.64. The third-order valence-electron chi connectivity index (χ3n) is 2.81. The van der Waals surface area contributed by atoms with Crippen molar-refractivity contribution < 1.29 is 9.47 Å². The number of hydrogen-bond acceptors (Lipinski definition) is 3. The molecule has 0 spiro atoms. The predicted octanol–water partition coefficient (Wildman–Crippen LogP) is 4.00. The molecule has 0 aliphatic heterocycles. The summed E-state index contributed by atoms with van der Waals surface area (Å²) in [6.07, 6.45) is 0. The molecule has 3 heteroatoms. The van der Waals surface area contributed by atoms with E-state index in [0.717, 1.165) is 17.1 Å². The number of aliphatic imine (C=N–C) groups is 1. The highest BCUT2D eigenvalue weighted by Crippen LogP contribution is 2.17. The Bertz CT molecular complexity index is 547. The molecule has 2 aromatic carbocycles. The van der Waals surface area contributed by atoms with Crippen LogP contribution < -0.4 is 4.74 Å². The highest BCUT2D eigenvalue weighted by molar-refractivity contribution is 5.85. The van der Waals surface area contributed by atoms with Gasteiger partial charge in [0.15, 0.2) is 0 Å². The fraction of sp³-hybridized carbons (Fsp3) is 0.235. The molecule has 0 unspecified atom stereocenters. The van der Waals surface area contributed by atoms with Gasteiger partial charge in [-0.05, 0) is 36.8 Å². The second kappa shape index (κ2) is 7.46. The maximum atomic E-state index is 5.64. The molecule has 0 aromatic heterocycles. The zero-order chi connectivity index (χ0) is 14.2. The van der Waals surface area contributed by atoms with Gasteiger partial charge in [0.25, 0.3) is 0 Å².